The Morgan fingerprint density at radius 3 is 2.90 bits per heavy atom. The number of nitrogens with one attached hydrogen (secondary N) is 1. The molecule has 2 aromatic rings. The lowest BCUT2D eigenvalue weighted by atomic mass is 9.92. The third-order valence-corrected chi connectivity index (χ3v) is 6.18. The third kappa shape index (κ3) is 2.95. The largest absolute Gasteiger partial charge is 0.381 e. The summed E-state index contributed by atoms with van der Waals surface area (Å²) in [6.07, 6.45) is 2.55. The second-order valence-electron chi connectivity index (χ2n) is 5.18. The highest BCUT2D eigenvalue weighted by atomic mass is 32.2. The fraction of sp³-hybridized carbons (Fsp3) is 0.462. The lowest BCUT2D eigenvalue weighted by Gasteiger charge is -2.36. The summed E-state index contributed by atoms with van der Waals surface area (Å²) in [7, 11) is -3.64. The van der Waals surface area contributed by atoms with Crippen LogP contribution in [-0.2, 0) is 14.8 Å². The highest BCUT2D eigenvalue weighted by Crippen LogP contribution is 2.25. The Kier molecular flexibility index (Phi) is 3.98. The first-order chi connectivity index (χ1) is 10.0. The summed E-state index contributed by atoms with van der Waals surface area (Å²) in [4.78, 5) is 4.36. The van der Waals surface area contributed by atoms with Gasteiger partial charge < -0.3 is 10.5 Å². The molecule has 3 heterocycles. The van der Waals surface area contributed by atoms with Gasteiger partial charge >= 0.3 is 0 Å². The molecule has 0 saturated carbocycles. The van der Waals surface area contributed by atoms with E-state index in [2.05, 4.69) is 9.71 Å². The van der Waals surface area contributed by atoms with E-state index in [1.807, 2.05) is 11.4 Å². The van der Waals surface area contributed by atoms with Gasteiger partial charge in [0.2, 0.25) is 10.0 Å². The first-order valence-electron chi connectivity index (χ1n) is 6.70. The van der Waals surface area contributed by atoms with Crippen LogP contribution in [0.3, 0.4) is 0 Å². The normalized spacial score (nSPS) is 18.9. The second-order valence-corrected chi connectivity index (χ2v) is 7.81. The Hall–Kier alpha value is -1.06. The maximum absolute atomic E-state index is 12.6. The number of hydrogen-bond donors (Lipinski definition) is 2. The van der Waals surface area contributed by atoms with E-state index in [1.54, 1.807) is 6.07 Å². The standard InChI is InChI=1S/C13H17N3O3S2/c14-9-13(2-4-19-5-3-13)16-21(17,18)10-7-12-11(15-8-10)1-6-20-12/h1,6-8,16H,2-5,9,14H2. The van der Waals surface area contributed by atoms with Crippen LogP contribution in [0.1, 0.15) is 12.8 Å². The average molecular weight is 327 g/mol. The van der Waals surface area contributed by atoms with Gasteiger partial charge in [0, 0.05) is 31.5 Å². The molecule has 21 heavy (non-hydrogen) atoms. The summed E-state index contributed by atoms with van der Waals surface area (Å²) >= 11 is 1.47. The summed E-state index contributed by atoms with van der Waals surface area (Å²) in [6.45, 7) is 1.29. The molecular formula is C13H17N3O3S2. The molecule has 114 valence electrons. The molecule has 1 aliphatic rings. The molecule has 0 aromatic carbocycles. The average Bonchev–Trinajstić information content (AvgIpc) is 2.95. The monoisotopic (exact) mass is 327 g/mol. The Labute approximate surface area is 127 Å². The van der Waals surface area contributed by atoms with E-state index in [0.717, 1.165) is 10.2 Å². The molecule has 8 heteroatoms. The van der Waals surface area contributed by atoms with Crippen LogP contribution in [0, 0.1) is 0 Å². The van der Waals surface area contributed by atoms with Crippen molar-refractivity contribution in [2.75, 3.05) is 19.8 Å². The number of rotatable bonds is 4. The zero-order valence-corrected chi connectivity index (χ0v) is 13.0. The molecule has 2 aromatic heterocycles. The maximum Gasteiger partial charge on any atom is 0.242 e. The van der Waals surface area contributed by atoms with Gasteiger partial charge in [-0.3, -0.25) is 4.98 Å². The molecule has 0 spiro atoms. The summed E-state index contributed by atoms with van der Waals surface area (Å²) in [6, 6.07) is 3.52. The van der Waals surface area contributed by atoms with Gasteiger partial charge in [-0.05, 0) is 30.4 Å². The van der Waals surface area contributed by atoms with Crippen LogP contribution in [0.5, 0.6) is 0 Å². The number of thiophene rings is 1. The number of nitrogens with two attached hydrogens (primary N) is 1. The quantitative estimate of drug-likeness (QED) is 0.876. The van der Waals surface area contributed by atoms with Crippen molar-refractivity contribution >= 4 is 31.6 Å². The molecule has 1 aliphatic heterocycles. The van der Waals surface area contributed by atoms with Gasteiger partial charge in [-0.2, -0.15) is 0 Å². The predicted octanol–water partition coefficient (Wildman–Crippen LogP) is 1.08. The van der Waals surface area contributed by atoms with Gasteiger partial charge in [0.25, 0.3) is 0 Å². The molecular weight excluding hydrogens is 310 g/mol. The fourth-order valence-corrected chi connectivity index (χ4v) is 4.72. The zero-order chi connectivity index (χ0) is 14.9. The molecule has 1 saturated heterocycles. The van der Waals surface area contributed by atoms with E-state index in [-0.39, 0.29) is 11.4 Å². The Morgan fingerprint density at radius 1 is 1.43 bits per heavy atom. The molecule has 1 fully saturated rings. The van der Waals surface area contributed by atoms with Crippen molar-refractivity contribution in [3.8, 4) is 0 Å². The van der Waals surface area contributed by atoms with E-state index in [4.69, 9.17) is 10.5 Å². The Bertz CT molecular complexity index is 736. The highest BCUT2D eigenvalue weighted by Gasteiger charge is 2.36. The van der Waals surface area contributed by atoms with Gasteiger partial charge in [-0.15, -0.1) is 11.3 Å². The van der Waals surface area contributed by atoms with Crippen LogP contribution in [0.2, 0.25) is 0 Å². The fourth-order valence-electron chi connectivity index (χ4n) is 2.43. The van der Waals surface area contributed by atoms with Crippen LogP contribution < -0.4 is 10.5 Å². The Morgan fingerprint density at radius 2 is 2.19 bits per heavy atom. The van der Waals surface area contributed by atoms with E-state index in [9.17, 15) is 8.42 Å². The first kappa shape index (κ1) is 14.9. The van der Waals surface area contributed by atoms with Crippen molar-refractivity contribution in [1.29, 1.82) is 0 Å². The second kappa shape index (κ2) is 5.62. The van der Waals surface area contributed by atoms with Crippen molar-refractivity contribution in [2.24, 2.45) is 5.73 Å². The van der Waals surface area contributed by atoms with Crippen LogP contribution in [0.25, 0.3) is 10.2 Å². The molecule has 0 radical (unpaired) electrons. The topological polar surface area (TPSA) is 94.3 Å². The first-order valence-corrected chi connectivity index (χ1v) is 9.06. The van der Waals surface area contributed by atoms with E-state index in [1.165, 1.54) is 17.5 Å². The van der Waals surface area contributed by atoms with Crippen LogP contribution in [0.15, 0.2) is 28.6 Å². The summed E-state index contributed by atoms with van der Waals surface area (Å²) in [5, 5.41) is 1.89. The van der Waals surface area contributed by atoms with Gasteiger partial charge in [0.05, 0.1) is 10.2 Å². The summed E-state index contributed by atoms with van der Waals surface area (Å²) in [5.74, 6) is 0. The van der Waals surface area contributed by atoms with Gasteiger partial charge in [0.1, 0.15) is 4.90 Å². The van der Waals surface area contributed by atoms with Crippen molar-refractivity contribution < 1.29 is 13.2 Å². The van der Waals surface area contributed by atoms with Gasteiger partial charge in [-0.25, -0.2) is 13.1 Å². The highest BCUT2D eigenvalue weighted by molar-refractivity contribution is 7.89. The minimum absolute atomic E-state index is 0.178. The number of ether oxygens (including phenoxy) is 1. The van der Waals surface area contributed by atoms with Crippen LogP contribution >= 0.6 is 11.3 Å². The molecule has 0 bridgehead atoms. The van der Waals surface area contributed by atoms with Crippen molar-refractivity contribution in [2.45, 2.75) is 23.3 Å². The lowest BCUT2D eigenvalue weighted by Crippen LogP contribution is -2.56. The van der Waals surface area contributed by atoms with E-state index < -0.39 is 15.6 Å². The molecule has 0 atom stereocenters. The van der Waals surface area contributed by atoms with Crippen LogP contribution in [0.4, 0.5) is 0 Å². The van der Waals surface area contributed by atoms with E-state index in [0.29, 0.717) is 26.1 Å². The molecule has 0 unspecified atom stereocenters. The lowest BCUT2D eigenvalue weighted by molar-refractivity contribution is 0.0502. The van der Waals surface area contributed by atoms with Crippen LogP contribution in [-0.4, -0.2) is 38.7 Å². The minimum Gasteiger partial charge on any atom is -0.381 e. The third-order valence-electron chi connectivity index (χ3n) is 3.78. The van der Waals surface area contributed by atoms with Crippen molar-refractivity contribution in [1.82, 2.24) is 9.71 Å². The summed E-state index contributed by atoms with van der Waals surface area (Å²) < 4.78 is 34.1. The number of aromatic nitrogens is 1. The number of sulfonamides is 1. The number of nitrogens with zero attached hydrogens (tertiary/aromatic N) is 1. The number of pyridine rings is 1. The summed E-state index contributed by atoms with van der Waals surface area (Å²) in [5.41, 5.74) is 5.98. The van der Waals surface area contributed by atoms with Crippen molar-refractivity contribution in [3.63, 3.8) is 0 Å². The molecule has 0 amide bonds. The maximum atomic E-state index is 12.6. The Balaban J connectivity index is 1.91. The number of hydrogen-bond acceptors (Lipinski definition) is 6. The van der Waals surface area contributed by atoms with E-state index >= 15 is 0 Å². The predicted molar refractivity (Wildman–Crippen MR) is 81.8 cm³/mol. The number of fused-ring (bicyclic) bond motifs is 1. The smallest absolute Gasteiger partial charge is 0.242 e. The van der Waals surface area contributed by atoms with Crippen molar-refractivity contribution in [3.05, 3.63) is 23.7 Å². The molecule has 3 rings (SSSR count). The zero-order valence-electron chi connectivity index (χ0n) is 11.4. The molecule has 3 N–H and O–H groups in total. The SMILES string of the molecule is NCC1(NS(=O)(=O)c2cnc3ccsc3c2)CCOCC1. The van der Waals surface area contributed by atoms with Gasteiger partial charge in [-0.1, -0.05) is 0 Å². The van der Waals surface area contributed by atoms with Gasteiger partial charge in [0.15, 0.2) is 0 Å². The minimum atomic E-state index is -3.64. The molecule has 0 aliphatic carbocycles. The molecule has 6 nitrogen and oxygen atoms in total.